The van der Waals surface area contributed by atoms with Gasteiger partial charge in [-0.15, -0.1) is 13.2 Å². The van der Waals surface area contributed by atoms with Gasteiger partial charge in [0.25, 0.3) is 0 Å². The van der Waals surface area contributed by atoms with Gasteiger partial charge >= 0.3 is 0 Å². The smallest absolute Gasteiger partial charge is 0.126 e. The number of allylic oxidation sites excluding steroid dienone is 2. The van der Waals surface area contributed by atoms with Crippen LogP contribution in [0.5, 0.6) is 23.0 Å². The summed E-state index contributed by atoms with van der Waals surface area (Å²) in [6.07, 6.45) is 6.73. The van der Waals surface area contributed by atoms with Crippen LogP contribution in [-0.4, -0.2) is 28.4 Å². The third-order valence-electron chi connectivity index (χ3n) is 12.1. The van der Waals surface area contributed by atoms with E-state index >= 15 is 0 Å². The third kappa shape index (κ3) is 8.92. The first-order chi connectivity index (χ1) is 27.0. The van der Waals surface area contributed by atoms with Gasteiger partial charge in [0.15, 0.2) is 0 Å². The lowest BCUT2D eigenvalue weighted by Crippen LogP contribution is -2.19. The molecule has 4 nitrogen and oxygen atoms in total. The Hall–Kier alpha value is -4.44. The van der Waals surface area contributed by atoms with Gasteiger partial charge in [-0.1, -0.05) is 144 Å². The van der Waals surface area contributed by atoms with Crippen molar-refractivity contribution in [2.75, 3.05) is 28.4 Å². The summed E-state index contributed by atoms with van der Waals surface area (Å²) in [5.74, 6) is 3.39. The highest BCUT2D eigenvalue weighted by Gasteiger charge is 2.33. The van der Waals surface area contributed by atoms with E-state index in [1.807, 2.05) is 40.6 Å². The van der Waals surface area contributed by atoms with Gasteiger partial charge in [0.2, 0.25) is 0 Å². The van der Waals surface area contributed by atoms with Crippen LogP contribution < -0.4 is 18.9 Å². The Morgan fingerprint density at radius 2 is 0.621 bits per heavy atom. The highest BCUT2D eigenvalue weighted by Crippen LogP contribution is 2.50. The van der Waals surface area contributed by atoms with Gasteiger partial charge in [-0.2, -0.15) is 0 Å². The molecule has 0 saturated carbocycles. The number of hydrogen-bond donors (Lipinski definition) is 0. The quantitative estimate of drug-likeness (QED) is 0.167. The maximum atomic E-state index is 6.58. The summed E-state index contributed by atoms with van der Waals surface area (Å²) in [6.45, 7) is 36.1. The van der Waals surface area contributed by atoms with Crippen LogP contribution in [-0.2, 0) is 34.5 Å². The molecule has 0 saturated heterocycles. The molecule has 0 spiro atoms. The van der Waals surface area contributed by atoms with Crippen molar-refractivity contribution in [2.24, 2.45) is 0 Å². The molecule has 312 valence electrons. The molecular weight excluding hydrogens is 713 g/mol. The molecule has 4 aromatic rings. The molecule has 4 aromatic carbocycles. The van der Waals surface area contributed by atoms with Gasteiger partial charge < -0.3 is 18.9 Å². The molecule has 0 heterocycles. The molecule has 58 heavy (non-hydrogen) atoms. The summed E-state index contributed by atoms with van der Waals surface area (Å²) in [7, 11) is 7.26. The van der Waals surface area contributed by atoms with Crippen LogP contribution in [0.2, 0.25) is 0 Å². The van der Waals surface area contributed by atoms with E-state index in [0.717, 1.165) is 67.5 Å². The molecule has 0 aromatic heterocycles. The molecule has 4 heteroatoms. The minimum atomic E-state index is -0.126. The van der Waals surface area contributed by atoms with E-state index in [2.05, 4.69) is 145 Å². The van der Waals surface area contributed by atoms with Gasteiger partial charge in [-0.3, -0.25) is 0 Å². The van der Waals surface area contributed by atoms with Crippen molar-refractivity contribution in [3.8, 4) is 23.0 Å². The first-order valence-corrected chi connectivity index (χ1v) is 21.1. The SMILES string of the molecule is C=CCC1c2cc(C(C)(C)C)cc(c2OC)Cc2cc(C(C)(C)C)cc(c2OC)C(CC=C)c2cc(C(C)(C)C)cc(c2OC)Cc2cc(C(C)(C)C)cc1c2OC. The van der Waals surface area contributed by atoms with Gasteiger partial charge in [0.05, 0.1) is 28.4 Å². The number of benzene rings is 4. The van der Waals surface area contributed by atoms with E-state index < -0.39 is 0 Å². The van der Waals surface area contributed by atoms with E-state index in [4.69, 9.17) is 18.9 Å². The van der Waals surface area contributed by atoms with E-state index in [9.17, 15) is 0 Å². The summed E-state index contributed by atoms with van der Waals surface area (Å²) >= 11 is 0. The molecule has 0 unspecified atom stereocenters. The molecule has 1 aliphatic rings. The van der Waals surface area contributed by atoms with Crippen LogP contribution in [0.25, 0.3) is 0 Å². The molecule has 0 atom stereocenters. The topological polar surface area (TPSA) is 36.9 Å². The Balaban J connectivity index is 2.11. The maximum Gasteiger partial charge on any atom is 0.126 e. The van der Waals surface area contributed by atoms with Crippen LogP contribution >= 0.6 is 0 Å². The van der Waals surface area contributed by atoms with E-state index in [1.54, 1.807) is 0 Å². The molecule has 0 N–H and O–H groups in total. The lowest BCUT2D eigenvalue weighted by molar-refractivity contribution is 0.389. The van der Waals surface area contributed by atoms with Crippen LogP contribution in [0.15, 0.2) is 73.8 Å². The highest BCUT2D eigenvalue weighted by atomic mass is 16.5. The molecular formula is C54H72O4. The number of hydrogen-bond acceptors (Lipinski definition) is 4. The zero-order valence-electron chi connectivity index (χ0n) is 38.8. The number of fused-ring (bicyclic) bond motifs is 8. The summed E-state index contributed by atoms with van der Waals surface area (Å²) in [6, 6.07) is 18.9. The Labute approximate surface area is 352 Å². The monoisotopic (exact) mass is 785 g/mol. The fraction of sp³-hybridized carbons (Fsp3) is 0.481. The molecule has 0 amide bonds. The van der Waals surface area contributed by atoms with Crippen molar-refractivity contribution >= 4 is 0 Å². The standard InChI is InChI=1S/C54H72O4/c1-19-21-41-43-29-37(51(3,4)5)25-33(47(43)55-15)23-35-27-39(53(9,10)11)31-45(49(35)57-17)42(22-20-2)46-32-40(54(12,13)14)28-36(50(46)58-18)24-34-26-38(52(6,7)8)30-44(41)48(34)56-16/h19-20,25-32,41-42H,1-2,21-24H2,3-18H3. The van der Waals surface area contributed by atoms with Gasteiger partial charge in [-0.05, 0) is 79.0 Å². The zero-order valence-corrected chi connectivity index (χ0v) is 38.8. The number of ether oxygens (including phenoxy) is 4. The zero-order chi connectivity index (χ0) is 43.1. The summed E-state index contributed by atoms with van der Waals surface area (Å²) < 4.78 is 26.3. The minimum absolute atomic E-state index is 0.0916. The molecule has 8 bridgehead atoms. The minimum Gasteiger partial charge on any atom is -0.496 e. The fourth-order valence-corrected chi connectivity index (χ4v) is 8.73. The molecule has 0 fully saturated rings. The van der Waals surface area contributed by atoms with Gasteiger partial charge in [-0.25, -0.2) is 0 Å². The van der Waals surface area contributed by atoms with Crippen LogP contribution in [0.3, 0.4) is 0 Å². The third-order valence-corrected chi connectivity index (χ3v) is 12.1. The van der Waals surface area contributed by atoms with Crippen LogP contribution in [0, 0.1) is 0 Å². The van der Waals surface area contributed by atoms with Crippen molar-refractivity contribution in [1.29, 1.82) is 0 Å². The van der Waals surface area contributed by atoms with Crippen molar-refractivity contribution < 1.29 is 18.9 Å². The molecule has 0 aliphatic heterocycles. The lowest BCUT2D eigenvalue weighted by Gasteiger charge is -2.32. The fourth-order valence-electron chi connectivity index (χ4n) is 8.73. The first kappa shape index (κ1) is 44.7. The molecule has 1 aliphatic carbocycles. The average Bonchev–Trinajstić information content (AvgIpc) is 3.13. The van der Waals surface area contributed by atoms with Crippen LogP contribution in [0.4, 0.5) is 0 Å². The van der Waals surface area contributed by atoms with E-state index in [-0.39, 0.29) is 33.5 Å². The number of rotatable bonds is 8. The maximum absolute atomic E-state index is 6.58. The Morgan fingerprint density at radius 3 is 0.776 bits per heavy atom. The van der Waals surface area contributed by atoms with Crippen molar-refractivity contribution in [3.05, 3.63) is 141 Å². The van der Waals surface area contributed by atoms with Crippen molar-refractivity contribution in [2.45, 2.75) is 142 Å². The average molecular weight is 785 g/mol. The highest BCUT2D eigenvalue weighted by molar-refractivity contribution is 5.62. The summed E-state index contributed by atoms with van der Waals surface area (Å²) in [4.78, 5) is 0. The predicted molar refractivity (Wildman–Crippen MR) is 246 cm³/mol. The second-order valence-electron chi connectivity index (χ2n) is 20.5. The predicted octanol–water partition coefficient (Wildman–Crippen LogP) is 13.8. The molecule has 5 rings (SSSR count). The number of methoxy groups -OCH3 is 4. The van der Waals surface area contributed by atoms with Crippen molar-refractivity contribution in [3.63, 3.8) is 0 Å². The summed E-state index contributed by atoms with van der Waals surface area (Å²) in [5.41, 5.74) is 13.6. The second-order valence-corrected chi connectivity index (χ2v) is 20.5. The summed E-state index contributed by atoms with van der Waals surface area (Å²) in [5, 5.41) is 0. The Morgan fingerprint density at radius 1 is 0.414 bits per heavy atom. The van der Waals surface area contributed by atoms with Gasteiger partial charge in [0.1, 0.15) is 23.0 Å². The largest absolute Gasteiger partial charge is 0.496 e. The van der Waals surface area contributed by atoms with Crippen LogP contribution in [0.1, 0.15) is 175 Å². The Kier molecular flexibility index (Phi) is 12.8. The van der Waals surface area contributed by atoms with E-state index in [0.29, 0.717) is 25.7 Å². The second kappa shape index (κ2) is 16.7. The lowest BCUT2D eigenvalue weighted by atomic mass is 9.75. The normalized spacial score (nSPS) is 16.1. The van der Waals surface area contributed by atoms with E-state index in [1.165, 1.54) is 22.3 Å². The molecule has 0 radical (unpaired) electrons. The Bertz CT molecular complexity index is 1860. The van der Waals surface area contributed by atoms with Gasteiger partial charge in [0, 0.05) is 46.9 Å². The first-order valence-electron chi connectivity index (χ1n) is 21.1. The van der Waals surface area contributed by atoms with Crippen molar-refractivity contribution in [1.82, 2.24) is 0 Å².